The quantitative estimate of drug-likeness (QED) is 0.513. The molecule has 28 heavy (non-hydrogen) atoms. The number of carbonyl (C=O) groups is 1. The summed E-state index contributed by atoms with van der Waals surface area (Å²) in [5.41, 5.74) is 0.550. The molecule has 0 aliphatic carbocycles. The Morgan fingerprint density at radius 3 is 2.57 bits per heavy atom. The van der Waals surface area contributed by atoms with Crippen molar-refractivity contribution in [3.8, 4) is 17.2 Å². The minimum atomic E-state index is -0.191. The van der Waals surface area contributed by atoms with Crippen molar-refractivity contribution >= 4 is 34.7 Å². The number of nitrogens with zero attached hydrogens (tertiary/aromatic N) is 2. The van der Waals surface area contributed by atoms with Gasteiger partial charge in [-0.05, 0) is 11.4 Å². The Kier molecular flexibility index (Phi) is 6.77. The zero-order chi connectivity index (χ0) is 19.9. The van der Waals surface area contributed by atoms with Crippen LogP contribution in [0.2, 0.25) is 0 Å². The summed E-state index contributed by atoms with van der Waals surface area (Å²) >= 11 is 2.93. The van der Waals surface area contributed by atoms with Crippen molar-refractivity contribution in [2.24, 2.45) is 0 Å². The first-order valence-electron chi connectivity index (χ1n) is 8.29. The number of hydrogen-bond donors (Lipinski definition) is 2. The van der Waals surface area contributed by atoms with Gasteiger partial charge in [0.1, 0.15) is 5.82 Å². The van der Waals surface area contributed by atoms with E-state index in [0.29, 0.717) is 34.5 Å². The van der Waals surface area contributed by atoms with Gasteiger partial charge in [0.05, 0.1) is 27.1 Å². The van der Waals surface area contributed by atoms with Crippen LogP contribution in [0.5, 0.6) is 17.2 Å². The minimum absolute atomic E-state index is 0.174. The van der Waals surface area contributed by atoms with Gasteiger partial charge in [-0.3, -0.25) is 9.89 Å². The molecule has 8 nitrogen and oxygen atoms in total. The molecule has 2 N–H and O–H groups in total. The van der Waals surface area contributed by atoms with Crippen LogP contribution in [0.15, 0.2) is 34.8 Å². The fourth-order valence-electron chi connectivity index (χ4n) is 2.48. The number of aromatic amines is 1. The van der Waals surface area contributed by atoms with Crippen molar-refractivity contribution < 1.29 is 19.0 Å². The van der Waals surface area contributed by atoms with Crippen molar-refractivity contribution in [2.75, 3.05) is 32.4 Å². The third-order valence-corrected chi connectivity index (χ3v) is 5.44. The number of methoxy groups -OCH3 is 3. The van der Waals surface area contributed by atoms with Gasteiger partial charge in [0.25, 0.3) is 0 Å². The number of hydrogen-bond acceptors (Lipinski definition) is 8. The Hall–Kier alpha value is -2.72. The maximum atomic E-state index is 12.3. The van der Waals surface area contributed by atoms with E-state index in [1.54, 1.807) is 23.5 Å². The molecular formula is C18H20N4O4S2. The second kappa shape index (κ2) is 9.47. The molecule has 2 aromatic heterocycles. The zero-order valence-electron chi connectivity index (χ0n) is 15.6. The first kappa shape index (κ1) is 20.0. The van der Waals surface area contributed by atoms with E-state index in [1.165, 1.54) is 38.0 Å². The predicted molar refractivity (Wildman–Crippen MR) is 109 cm³/mol. The lowest BCUT2D eigenvalue weighted by atomic mass is 10.2. The van der Waals surface area contributed by atoms with E-state index in [0.717, 1.165) is 5.82 Å². The number of anilines is 1. The van der Waals surface area contributed by atoms with Gasteiger partial charge in [-0.25, -0.2) is 4.98 Å². The molecule has 1 amide bonds. The van der Waals surface area contributed by atoms with Crippen molar-refractivity contribution in [1.29, 1.82) is 0 Å². The first-order valence-corrected chi connectivity index (χ1v) is 10.2. The van der Waals surface area contributed by atoms with E-state index in [2.05, 4.69) is 20.5 Å². The van der Waals surface area contributed by atoms with E-state index in [1.807, 2.05) is 17.5 Å². The Balaban J connectivity index is 1.58. The zero-order valence-corrected chi connectivity index (χ0v) is 17.3. The molecule has 0 spiro atoms. The highest BCUT2D eigenvalue weighted by atomic mass is 32.2. The molecule has 1 aromatic carbocycles. The summed E-state index contributed by atoms with van der Waals surface area (Å²) in [6.07, 6.45) is 0.697. The molecule has 3 rings (SSSR count). The molecule has 0 atom stereocenters. The smallest absolute Gasteiger partial charge is 0.234 e. The SMILES string of the molecule is COc1cc(NC(=O)CSc2n[nH]c(Cc3cccs3)n2)cc(OC)c1OC. The van der Waals surface area contributed by atoms with E-state index in [-0.39, 0.29) is 11.7 Å². The van der Waals surface area contributed by atoms with Crippen LogP contribution in [0.1, 0.15) is 10.7 Å². The second-order valence-electron chi connectivity index (χ2n) is 5.57. The number of thioether (sulfide) groups is 1. The van der Waals surface area contributed by atoms with Crippen LogP contribution < -0.4 is 19.5 Å². The van der Waals surface area contributed by atoms with Gasteiger partial charge in [0.15, 0.2) is 11.5 Å². The molecule has 0 radical (unpaired) electrons. The molecule has 0 aliphatic heterocycles. The number of rotatable bonds is 9. The molecule has 2 heterocycles. The Morgan fingerprint density at radius 2 is 1.96 bits per heavy atom. The van der Waals surface area contributed by atoms with Gasteiger partial charge in [-0.1, -0.05) is 17.8 Å². The van der Waals surface area contributed by atoms with Crippen LogP contribution in [0, 0.1) is 0 Å². The standard InChI is InChI=1S/C18H20N4O4S2/c1-24-13-7-11(8-14(25-2)17(13)26-3)19-16(23)10-28-18-20-15(21-22-18)9-12-5-4-6-27-12/h4-8H,9-10H2,1-3H3,(H,19,23)(H,20,21,22). The summed E-state index contributed by atoms with van der Waals surface area (Å²) in [7, 11) is 4.57. The highest BCUT2D eigenvalue weighted by molar-refractivity contribution is 7.99. The monoisotopic (exact) mass is 420 g/mol. The number of benzene rings is 1. The van der Waals surface area contributed by atoms with Crippen molar-refractivity contribution in [3.05, 3.63) is 40.3 Å². The van der Waals surface area contributed by atoms with Gasteiger partial charge in [-0.2, -0.15) is 0 Å². The molecule has 0 bridgehead atoms. The van der Waals surface area contributed by atoms with Gasteiger partial charge < -0.3 is 19.5 Å². The summed E-state index contributed by atoms with van der Waals surface area (Å²) < 4.78 is 15.9. The molecule has 0 saturated heterocycles. The molecule has 0 unspecified atom stereocenters. The van der Waals surface area contributed by atoms with Crippen LogP contribution in [0.3, 0.4) is 0 Å². The maximum absolute atomic E-state index is 12.3. The summed E-state index contributed by atoms with van der Waals surface area (Å²) in [5.74, 6) is 2.16. The largest absolute Gasteiger partial charge is 0.493 e. The number of thiophene rings is 1. The number of H-pyrrole nitrogens is 1. The molecule has 0 fully saturated rings. The molecule has 0 saturated carbocycles. The fraction of sp³-hybridized carbons (Fsp3) is 0.278. The summed E-state index contributed by atoms with van der Waals surface area (Å²) in [6.45, 7) is 0. The normalized spacial score (nSPS) is 10.5. The lowest BCUT2D eigenvalue weighted by Crippen LogP contribution is -2.14. The van der Waals surface area contributed by atoms with Crippen molar-refractivity contribution in [2.45, 2.75) is 11.6 Å². The number of carbonyl (C=O) groups excluding carboxylic acids is 1. The van der Waals surface area contributed by atoms with Crippen LogP contribution >= 0.6 is 23.1 Å². The summed E-state index contributed by atoms with van der Waals surface area (Å²) in [4.78, 5) is 17.9. The van der Waals surface area contributed by atoms with Crippen molar-refractivity contribution in [1.82, 2.24) is 15.2 Å². The molecule has 10 heteroatoms. The average Bonchev–Trinajstić information content (AvgIpc) is 3.38. The Labute approximate surface area is 170 Å². The number of aromatic nitrogens is 3. The first-order chi connectivity index (χ1) is 13.6. The van der Waals surface area contributed by atoms with Crippen LogP contribution in [0.25, 0.3) is 0 Å². The van der Waals surface area contributed by atoms with E-state index >= 15 is 0 Å². The highest BCUT2D eigenvalue weighted by Crippen LogP contribution is 2.39. The average molecular weight is 421 g/mol. The molecular weight excluding hydrogens is 400 g/mol. The molecule has 0 aliphatic rings. The number of ether oxygens (including phenoxy) is 3. The highest BCUT2D eigenvalue weighted by Gasteiger charge is 2.15. The van der Waals surface area contributed by atoms with Crippen molar-refractivity contribution in [3.63, 3.8) is 0 Å². The predicted octanol–water partition coefficient (Wildman–Crippen LogP) is 3.21. The Bertz CT molecular complexity index is 903. The van der Waals surface area contributed by atoms with Gasteiger partial charge in [-0.15, -0.1) is 16.4 Å². The topological polar surface area (TPSA) is 98.4 Å². The maximum Gasteiger partial charge on any atom is 0.234 e. The second-order valence-corrected chi connectivity index (χ2v) is 7.55. The van der Waals surface area contributed by atoms with Gasteiger partial charge in [0, 0.05) is 29.1 Å². The van der Waals surface area contributed by atoms with E-state index < -0.39 is 0 Å². The van der Waals surface area contributed by atoms with E-state index in [9.17, 15) is 4.79 Å². The van der Waals surface area contributed by atoms with Gasteiger partial charge >= 0.3 is 0 Å². The third kappa shape index (κ3) is 4.96. The minimum Gasteiger partial charge on any atom is -0.493 e. The van der Waals surface area contributed by atoms with E-state index in [4.69, 9.17) is 14.2 Å². The lowest BCUT2D eigenvalue weighted by Gasteiger charge is -2.14. The molecule has 3 aromatic rings. The lowest BCUT2D eigenvalue weighted by molar-refractivity contribution is -0.113. The third-order valence-electron chi connectivity index (χ3n) is 3.71. The fourth-order valence-corrected chi connectivity index (χ4v) is 3.81. The van der Waals surface area contributed by atoms with Gasteiger partial charge in [0.2, 0.25) is 16.8 Å². The molecule has 148 valence electrons. The van der Waals surface area contributed by atoms with Crippen LogP contribution in [-0.2, 0) is 11.2 Å². The summed E-state index contributed by atoms with van der Waals surface area (Å²) in [5, 5.41) is 12.4. The summed E-state index contributed by atoms with van der Waals surface area (Å²) in [6, 6.07) is 7.40. The van der Waals surface area contributed by atoms with Crippen LogP contribution in [-0.4, -0.2) is 48.2 Å². The van der Waals surface area contributed by atoms with Crippen LogP contribution in [0.4, 0.5) is 5.69 Å². The number of nitrogens with one attached hydrogen (secondary N) is 2. The number of amides is 1. The Morgan fingerprint density at radius 1 is 1.21 bits per heavy atom.